The largest absolute Gasteiger partial charge is 0.370 e. The highest BCUT2D eigenvalue weighted by Gasteiger charge is 2.23. The number of hydrogen-bond donors (Lipinski definition) is 1. The van der Waals surface area contributed by atoms with E-state index in [4.69, 9.17) is 4.74 Å². The second-order valence-corrected chi connectivity index (χ2v) is 4.21. The second kappa shape index (κ2) is 4.21. The Kier molecular flexibility index (Phi) is 2.56. The summed E-state index contributed by atoms with van der Waals surface area (Å²) in [5.41, 5.74) is 2.24. The quantitative estimate of drug-likeness (QED) is 0.830. The van der Waals surface area contributed by atoms with E-state index >= 15 is 0 Å². The van der Waals surface area contributed by atoms with Crippen molar-refractivity contribution in [2.24, 2.45) is 7.05 Å². The first-order chi connectivity index (χ1) is 8.33. The summed E-state index contributed by atoms with van der Waals surface area (Å²) in [7, 11) is 1.92. The van der Waals surface area contributed by atoms with Gasteiger partial charge in [0, 0.05) is 38.1 Å². The van der Waals surface area contributed by atoms with Crippen LogP contribution in [0.1, 0.15) is 11.7 Å². The molecular weight excluding hydrogens is 218 g/mol. The smallest absolute Gasteiger partial charge is 0.103 e. The van der Waals surface area contributed by atoms with E-state index in [1.165, 1.54) is 0 Å². The molecule has 1 atom stereocenters. The molecule has 3 rings (SSSR count). The molecule has 90 valence electrons. The number of nitrogens with one attached hydrogen (secondary N) is 1. The van der Waals surface area contributed by atoms with Crippen LogP contribution in [0.25, 0.3) is 0 Å². The molecular formula is C11H15N5O. The number of aromatic amines is 1. The van der Waals surface area contributed by atoms with E-state index in [0.717, 1.165) is 30.9 Å². The van der Waals surface area contributed by atoms with Crippen molar-refractivity contribution in [2.45, 2.75) is 6.10 Å². The van der Waals surface area contributed by atoms with Crippen LogP contribution in [-0.4, -0.2) is 39.7 Å². The van der Waals surface area contributed by atoms with Crippen molar-refractivity contribution >= 4 is 5.69 Å². The molecule has 0 aliphatic carbocycles. The molecule has 6 heteroatoms. The SMILES string of the molecule is Cn1cc(C2CN(c3cn[nH]c3)CCO2)cn1. The van der Waals surface area contributed by atoms with Crippen LogP contribution in [-0.2, 0) is 11.8 Å². The highest BCUT2D eigenvalue weighted by molar-refractivity contribution is 5.42. The standard InChI is InChI=1S/C11H15N5O/c1-15-7-9(4-14-15)11-8-16(2-3-17-11)10-5-12-13-6-10/h4-7,11H,2-3,8H2,1H3,(H,12,13). The summed E-state index contributed by atoms with van der Waals surface area (Å²) < 4.78 is 7.58. The monoisotopic (exact) mass is 233 g/mol. The van der Waals surface area contributed by atoms with E-state index in [1.807, 2.05) is 31.8 Å². The average molecular weight is 233 g/mol. The van der Waals surface area contributed by atoms with Gasteiger partial charge in [-0.25, -0.2) is 0 Å². The van der Waals surface area contributed by atoms with Gasteiger partial charge in [-0.3, -0.25) is 9.78 Å². The van der Waals surface area contributed by atoms with E-state index in [-0.39, 0.29) is 6.10 Å². The maximum atomic E-state index is 5.78. The Hall–Kier alpha value is -1.82. The third-order valence-electron chi connectivity index (χ3n) is 3.01. The summed E-state index contributed by atoms with van der Waals surface area (Å²) in [5, 5.41) is 11.0. The zero-order valence-electron chi connectivity index (χ0n) is 9.71. The fraction of sp³-hybridized carbons (Fsp3) is 0.455. The molecule has 0 radical (unpaired) electrons. The Bertz CT molecular complexity index is 478. The number of morpholine rings is 1. The molecule has 1 unspecified atom stereocenters. The Morgan fingerprint density at radius 2 is 2.41 bits per heavy atom. The van der Waals surface area contributed by atoms with Crippen LogP contribution in [0.5, 0.6) is 0 Å². The van der Waals surface area contributed by atoms with Gasteiger partial charge >= 0.3 is 0 Å². The molecule has 0 saturated carbocycles. The van der Waals surface area contributed by atoms with Crippen LogP contribution in [0.15, 0.2) is 24.8 Å². The molecule has 1 N–H and O–H groups in total. The van der Waals surface area contributed by atoms with Gasteiger partial charge in [0.05, 0.1) is 24.7 Å². The minimum atomic E-state index is 0.0901. The molecule has 1 aliphatic rings. The maximum absolute atomic E-state index is 5.78. The van der Waals surface area contributed by atoms with Crippen LogP contribution in [0.3, 0.4) is 0 Å². The summed E-state index contributed by atoms with van der Waals surface area (Å²) in [6.45, 7) is 2.46. The van der Waals surface area contributed by atoms with E-state index in [1.54, 1.807) is 4.68 Å². The van der Waals surface area contributed by atoms with E-state index in [9.17, 15) is 0 Å². The Morgan fingerprint density at radius 3 is 3.12 bits per heavy atom. The van der Waals surface area contributed by atoms with Gasteiger partial charge in [-0.15, -0.1) is 0 Å². The molecule has 1 saturated heterocycles. The number of H-pyrrole nitrogens is 1. The van der Waals surface area contributed by atoms with Crippen LogP contribution < -0.4 is 4.90 Å². The first-order valence-electron chi connectivity index (χ1n) is 5.67. The Morgan fingerprint density at radius 1 is 1.47 bits per heavy atom. The topological polar surface area (TPSA) is 59.0 Å². The van der Waals surface area contributed by atoms with Crippen molar-refractivity contribution in [3.05, 3.63) is 30.4 Å². The molecule has 1 fully saturated rings. The van der Waals surface area contributed by atoms with Gasteiger partial charge in [0.15, 0.2) is 0 Å². The molecule has 0 spiro atoms. The summed E-state index contributed by atoms with van der Waals surface area (Å²) in [6.07, 6.45) is 7.71. The van der Waals surface area contributed by atoms with Crippen LogP contribution in [0, 0.1) is 0 Å². The number of nitrogens with zero attached hydrogens (tertiary/aromatic N) is 4. The van der Waals surface area contributed by atoms with E-state index < -0.39 is 0 Å². The lowest BCUT2D eigenvalue weighted by molar-refractivity contribution is 0.0397. The van der Waals surface area contributed by atoms with Gasteiger partial charge in [0.2, 0.25) is 0 Å². The van der Waals surface area contributed by atoms with E-state index in [2.05, 4.69) is 20.2 Å². The number of aromatic nitrogens is 4. The highest BCUT2D eigenvalue weighted by Crippen LogP contribution is 2.24. The zero-order valence-corrected chi connectivity index (χ0v) is 9.71. The van der Waals surface area contributed by atoms with Gasteiger partial charge in [-0.05, 0) is 0 Å². The number of rotatable bonds is 2. The fourth-order valence-electron chi connectivity index (χ4n) is 2.11. The lowest BCUT2D eigenvalue weighted by Gasteiger charge is -2.33. The highest BCUT2D eigenvalue weighted by atomic mass is 16.5. The van der Waals surface area contributed by atoms with Gasteiger partial charge in [0.1, 0.15) is 6.10 Å². The number of anilines is 1. The maximum Gasteiger partial charge on any atom is 0.103 e. The third-order valence-corrected chi connectivity index (χ3v) is 3.01. The van der Waals surface area contributed by atoms with Gasteiger partial charge < -0.3 is 9.64 Å². The zero-order chi connectivity index (χ0) is 11.7. The fourth-order valence-corrected chi connectivity index (χ4v) is 2.11. The van der Waals surface area contributed by atoms with Crippen LogP contribution >= 0.6 is 0 Å². The molecule has 0 bridgehead atoms. The van der Waals surface area contributed by atoms with Gasteiger partial charge in [0.25, 0.3) is 0 Å². The first-order valence-corrected chi connectivity index (χ1v) is 5.67. The first kappa shape index (κ1) is 10.3. The summed E-state index contributed by atoms with van der Waals surface area (Å²) >= 11 is 0. The molecule has 3 heterocycles. The van der Waals surface area contributed by atoms with Crippen molar-refractivity contribution in [1.29, 1.82) is 0 Å². The second-order valence-electron chi connectivity index (χ2n) is 4.21. The molecule has 1 aliphatic heterocycles. The normalized spacial score (nSPS) is 20.8. The summed E-state index contributed by atoms with van der Waals surface area (Å²) in [6, 6.07) is 0. The van der Waals surface area contributed by atoms with Gasteiger partial charge in [-0.2, -0.15) is 10.2 Å². The molecule has 0 aromatic carbocycles. The molecule has 6 nitrogen and oxygen atoms in total. The van der Waals surface area contributed by atoms with Crippen LogP contribution in [0.2, 0.25) is 0 Å². The average Bonchev–Trinajstić information content (AvgIpc) is 3.00. The Balaban J connectivity index is 1.76. The number of ether oxygens (including phenoxy) is 1. The van der Waals surface area contributed by atoms with Crippen molar-refractivity contribution in [3.8, 4) is 0 Å². The molecule has 0 amide bonds. The van der Waals surface area contributed by atoms with Crippen molar-refractivity contribution in [1.82, 2.24) is 20.0 Å². The summed E-state index contributed by atoms with van der Waals surface area (Å²) in [5.74, 6) is 0. The predicted molar refractivity (Wildman–Crippen MR) is 62.7 cm³/mol. The minimum Gasteiger partial charge on any atom is -0.370 e. The number of aryl methyl sites for hydroxylation is 1. The summed E-state index contributed by atoms with van der Waals surface area (Å²) in [4.78, 5) is 2.27. The van der Waals surface area contributed by atoms with Crippen molar-refractivity contribution in [3.63, 3.8) is 0 Å². The lowest BCUT2D eigenvalue weighted by atomic mass is 10.1. The van der Waals surface area contributed by atoms with Crippen molar-refractivity contribution < 1.29 is 4.74 Å². The van der Waals surface area contributed by atoms with Crippen LogP contribution in [0.4, 0.5) is 5.69 Å². The lowest BCUT2D eigenvalue weighted by Crippen LogP contribution is -2.38. The predicted octanol–water partition coefficient (Wildman–Crippen LogP) is 0.721. The number of hydrogen-bond acceptors (Lipinski definition) is 4. The van der Waals surface area contributed by atoms with Crippen molar-refractivity contribution in [2.75, 3.05) is 24.6 Å². The molecule has 2 aromatic rings. The Labute approximate surface area is 99.2 Å². The third kappa shape index (κ3) is 2.03. The van der Waals surface area contributed by atoms with Gasteiger partial charge in [-0.1, -0.05) is 0 Å². The molecule has 2 aromatic heterocycles. The molecule has 17 heavy (non-hydrogen) atoms. The minimum absolute atomic E-state index is 0.0901. The van der Waals surface area contributed by atoms with E-state index in [0.29, 0.717) is 0 Å².